The Kier molecular flexibility index (Phi) is 9.24. The summed E-state index contributed by atoms with van der Waals surface area (Å²) in [6, 6.07) is 96.1. The molecule has 84 heavy (non-hydrogen) atoms. The van der Waals surface area contributed by atoms with Gasteiger partial charge in [0.05, 0.1) is 22.1 Å². The van der Waals surface area contributed by atoms with Gasteiger partial charge in [0.2, 0.25) is 0 Å². The van der Waals surface area contributed by atoms with Crippen LogP contribution in [0.15, 0.2) is 285 Å². The second kappa shape index (κ2) is 17.1. The average Bonchev–Trinajstić information content (AvgIpc) is 4.17. The number of fused-ring (bicyclic) bond motifs is 18. The second-order valence-electron chi connectivity index (χ2n) is 22.4. The SMILES string of the molecule is c1cc(-n2c3ccccc3c3cc(-c4ccc5oc6ccc(-c7ccc8oc9ccccc9c8c7)cc6c5c4)ccc32)cc(-n2c3ccc(-c4ccc5oc6ccccc6c5c4)cc3c3cc(-c4ccc5oc6ccccc6c5c4)ccc32)c1. The lowest BCUT2D eigenvalue weighted by atomic mass is 9.98. The quantitative estimate of drug-likeness (QED) is 0.166. The first-order valence-electron chi connectivity index (χ1n) is 28.5. The van der Waals surface area contributed by atoms with Crippen LogP contribution in [0, 0.1) is 0 Å². The van der Waals surface area contributed by atoms with Crippen LogP contribution in [0.1, 0.15) is 0 Å². The molecule has 0 unspecified atom stereocenters. The number of benzene rings is 13. The van der Waals surface area contributed by atoms with Crippen LogP contribution < -0.4 is 0 Å². The van der Waals surface area contributed by atoms with Crippen LogP contribution in [-0.2, 0) is 0 Å². The standard InChI is InChI=1S/C78H44N2O4/c1-5-16-67-55(12-1)59-36-45(51-26-34-77-65(42-51)66-43-52(27-35-78(66)84-77)50-25-33-76-64(41-50)58-15-4-8-19-73(58)83-76)20-28-68(59)79(67)53-10-9-11-54(44-53)80-69-29-21-46(48-23-31-74-62(39-48)56-13-2-6-17-71(56)81-74)37-60(69)61-38-47(22-30-70(61)80)49-24-32-75-63(40-49)57-14-3-7-18-72(57)82-75/h1-44H. The van der Waals surface area contributed by atoms with Crippen LogP contribution in [-0.4, -0.2) is 9.13 Å². The van der Waals surface area contributed by atoms with E-state index in [9.17, 15) is 0 Å². The first-order chi connectivity index (χ1) is 41.6. The van der Waals surface area contributed by atoms with Crippen LogP contribution in [0.2, 0.25) is 0 Å². The van der Waals surface area contributed by atoms with E-state index in [-0.39, 0.29) is 0 Å². The normalized spacial score (nSPS) is 12.3. The van der Waals surface area contributed by atoms with Crippen LogP contribution in [0.4, 0.5) is 0 Å². The van der Waals surface area contributed by atoms with Gasteiger partial charge in [-0.15, -0.1) is 0 Å². The largest absolute Gasteiger partial charge is 0.456 e. The molecule has 0 aliphatic rings. The predicted octanol–water partition coefficient (Wildman–Crippen LogP) is 22.1. The molecule has 0 aliphatic carbocycles. The highest BCUT2D eigenvalue weighted by Crippen LogP contribution is 2.43. The number of furan rings is 4. The Bertz CT molecular complexity index is 5840. The van der Waals surface area contributed by atoms with E-state index >= 15 is 0 Å². The van der Waals surface area contributed by atoms with E-state index in [4.69, 9.17) is 17.7 Å². The second-order valence-corrected chi connectivity index (χ2v) is 22.4. The molecular formula is C78H44N2O4. The summed E-state index contributed by atoms with van der Waals surface area (Å²) in [5.41, 5.74) is 22.9. The number of hydrogen-bond acceptors (Lipinski definition) is 4. The van der Waals surface area contributed by atoms with Gasteiger partial charge >= 0.3 is 0 Å². The minimum atomic E-state index is 0.867. The van der Waals surface area contributed by atoms with Gasteiger partial charge in [0, 0.05) is 76.0 Å². The molecule has 6 heterocycles. The zero-order chi connectivity index (χ0) is 54.7. The van der Waals surface area contributed by atoms with Gasteiger partial charge in [0.15, 0.2) is 0 Å². The van der Waals surface area contributed by atoms with Gasteiger partial charge < -0.3 is 26.8 Å². The zero-order valence-corrected chi connectivity index (χ0v) is 44.9. The van der Waals surface area contributed by atoms with Gasteiger partial charge in [0.25, 0.3) is 0 Å². The summed E-state index contributed by atoms with van der Waals surface area (Å²) in [5.74, 6) is 0. The van der Waals surface area contributed by atoms with Crippen molar-refractivity contribution >= 4 is 131 Å². The Labute approximate surface area is 478 Å². The molecular weight excluding hydrogens is 1030 g/mol. The highest BCUT2D eigenvalue weighted by Gasteiger charge is 2.20. The van der Waals surface area contributed by atoms with Crippen molar-refractivity contribution in [1.29, 1.82) is 0 Å². The maximum absolute atomic E-state index is 6.48. The topological polar surface area (TPSA) is 62.4 Å². The van der Waals surface area contributed by atoms with Gasteiger partial charge in [-0.1, -0.05) is 127 Å². The number of hydrogen-bond donors (Lipinski definition) is 0. The lowest BCUT2D eigenvalue weighted by Crippen LogP contribution is -1.98. The third-order valence-electron chi connectivity index (χ3n) is 17.7. The maximum atomic E-state index is 6.48. The molecule has 0 atom stereocenters. The van der Waals surface area contributed by atoms with E-state index in [2.05, 4.69) is 240 Å². The molecule has 0 radical (unpaired) electrons. The number of para-hydroxylation sites is 4. The molecule has 390 valence electrons. The number of nitrogens with zero attached hydrogens (tertiary/aromatic N) is 2. The monoisotopic (exact) mass is 1070 g/mol. The van der Waals surface area contributed by atoms with Crippen molar-refractivity contribution in [3.63, 3.8) is 0 Å². The molecule has 0 bridgehead atoms. The molecule has 19 aromatic rings. The molecule has 0 N–H and O–H groups in total. The van der Waals surface area contributed by atoms with E-state index in [1.165, 1.54) is 21.5 Å². The number of rotatable bonds is 6. The van der Waals surface area contributed by atoms with Crippen molar-refractivity contribution < 1.29 is 17.7 Å². The smallest absolute Gasteiger partial charge is 0.135 e. The summed E-state index contributed by atoms with van der Waals surface area (Å²) in [7, 11) is 0. The third-order valence-corrected chi connectivity index (χ3v) is 17.7. The highest BCUT2D eigenvalue weighted by atomic mass is 16.3. The average molecular weight is 1070 g/mol. The number of aromatic nitrogens is 2. The van der Waals surface area contributed by atoms with Crippen molar-refractivity contribution in [3.8, 4) is 55.9 Å². The van der Waals surface area contributed by atoms with Crippen molar-refractivity contribution in [2.45, 2.75) is 0 Å². The zero-order valence-electron chi connectivity index (χ0n) is 44.9. The predicted molar refractivity (Wildman–Crippen MR) is 346 cm³/mol. The van der Waals surface area contributed by atoms with E-state index in [0.29, 0.717) is 0 Å². The first-order valence-corrected chi connectivity index (χ1v) is 28.5. The van der Waals surface area contributed by atoms with E-state index in [1.54, 1.807) is 0 Å². The molecule has 6 heteroatoms. The molecule has 0 amide bonds. The summed E-state index contributed by atoms with van der Waals surface area (Å²) in [4.78, 5) is 0. The molecule has 0 saturated heterocycles. The van der Waals surface area contributed by atoms with Gasteiger partial charge in [0.1, 0.15) is 44.7 Å². The molecule has 6 nitrogen and oxygen atoms in total. The molecule has 0 fully saturated rings. The van der Waals surface area contributed by atoms with Crippen LogP contribution >= 0.6 is 0 Å². The van der Waals surface area contributed by atoms with Crippen molar-refractivity contribution in [2.24, 2.45) is 0 Å². The lowest BCUT2D eigenvalue weighted by Gasteiger charge is -2.13. The third kappa shape index (κ3) is 6.67. The molecule has 13 aromatic carbocycles. The Hall–Kier alpha value is -11.3. The molecule has 6 aromatic heterocycles. The highest BCUT2D eigenvalue weighted by molar-refractivity contribution is 6.15. The molecule has 0 saturated carbocycles. The fourth-order valence-corrected chi connectivity index (χ4v) is 13.7. The summed E-state index contributed by atoms with van der Waals surface area (Å²) in [6.07, 6.45) is 0. The van der Waals surface area contributed by atoms with Gasteiger partial charge in [-0.3, -0.25) is 0 Å². The van der Waals surface area contributed by atoms with Gasteiger partial charge in [-0.05, 0) is 184 Å². The minimum absolute atomic E-state index is 0.867. The van der Waals surface area contributed by atoms with Gasteiger partial charge in [-0.2, -0.15) is 0 Å². The first kappa shape index (κ1) is 45.4. The molecule has 0 spiro atoms. The molecule has 19 rings (SSSR count). The molecule has 0 aliphatic heterocycles. The summed E-state index contributed by atoms with van der Waals surface area (Å²) in [5, 5.41) is 13.6. The van der Waals surface area contributed by atoms with Crippen molar-refractivity contribution in [1.82, 2.24) is 9.13 Å². The summed E-state index contributed by atoms with van der Waals surface area (Å²) < 4.78 is 30.0. The Morgan fingerprint density at radius 3 is 0.774 bits per heavy atom. The summed E-state index contributed by atoms with van der Waals surface area (Å²) in [6.45, 7) is 0. The van der Waals surface area contributed by atoms with Crippen LogP contribution in [0.5, 0.6) is 0 Å². The van der Waals surface area contributed by atoms with Crippen LogP contribution in [0.3, 0.4) is 0 Å². The van der Waals surface area contributed by atoms with E-state index < -0.39 is 0 Å². The summed E-state index contributed by atoms with van der Waals surface area (Å²) >= 11 is 0. The van der Waals surface area contributed by atoms with E-state index in [1.807, 2.05) is 36.4 Å². The lowest BCUT2D eigenvalue weighted by molar-refractivity contribution is 0.668. The minimum Gasteiger partial charge on any atom is -0.456 e. The van der Waals surface area contributed by atoms with Crippen LogP contribution in [0.25, 0.3) is 187 Å². The Morgan fingerprint density at radius 1 is 0.167 bits per heavy atom. The fourth-order valence-electron chi connectivity index (χ4n) is 13.7. The van der Waals surface area contributed by atoms with Crippen molar-refractivity contribution in [2.75, 3.05) is 0 Å². The maximum Gasteiger partial charge on any atom is 0.135 e. The van der Waals surface area contributed by atoms with Gasteiger partial charge in [-0.25, -0.2) is 0 Å². The Morgan fingerprint density at radius 2 is 0.417 bits per heavy atom. The Balaban J connectivity index is 0.736. The fraction of sp³-hybridized carbons (Fsp3) is 0. The van der Waals surface area contributed by atoms with Crippen molar-refractivity contribution in [3.05, 3.63) is 267 Å². The van der Waals surface area contributed by atoms with E-state index in [0.717, 1.165) is 166 Å².